The molecule has 0 saturated carbocycles. The van der Waals surface area contributed by atoms with Gasteiger partial charge in [-0.1, -0.05) is 6.07 Å². The third kappa shape index (κ3) is 1.30. The SMILES string of the molecule is Cc1ccc2scc(C)c2c1CC#N. The lowest BCUT2D eigenvalue weighted by atomic mass is 10.00. The molecular formula is C12H11NS. The second-order valence-corrected chi connectivity index (χ2v) is 4.40. The minimum Gasteiger partial charge on any atom is -0.198 e. The first-order valence-corrected chi connectivity index (χ1v) is 5.45. The molecule has 0 aliphatic rings. The average molecular weight is 201 g/mol. The van der Waals surface area contributed by atoms with Gasteiger partial charge in [0.2, 0.25) is 0 Å². The fourth-order valence-electron chi connectivity index (χ4n) is 1.78. The fourth-order valence-corrected chi connectivity index (χ4v) is 2.75. The van der Waals surface area contributed by atoms with E-state index in [1.807, 2.05) is 0 Å². The van der Waals surface area contributed by atoms with Crippen molar-refractivity contribution in [1.29, 1.82) is 5.26 Å². The molecule has 1 aromatic heterocycles. The fraction of sp³-hybridized carbons (Fsp3) is 0.250. The molecule has 0 atom stereocenters. The number of hydrogen-bond donors (Lipinski definition) is 0. The van der Waals surface area contributed by atoms with E-state index in [0.29, 0.717) is 6.42 Å². The monoisotopic (exact) mass is 201 g/mol. The molecule has 14 heavy (non-hydrogen) atoms. The quantitative estimate of drug-likeness (QED) is 0.691. The van der Waals surface area contributed by atoms with E-state index >= 15 is 0 Å². The van der Waals surface area contributed by atoms with Crippen LogP contribution in [0.4, 0.5) is 0 Å². The van der Waals surface area contributed by atoms with Crippen LogP contribution in [0.3, 0.4) is 0 Å². The van der Waals surface area contributed by atoms with Crippen LogP contribution >= 0.6 is 11.3 Å². The molecule has 70 valence electrons. The van der Waals surface area contributed by atoms with E-state index in [0.717, 1.165) is 0 Å². The maximum absolute atomic E-state index is 8.79. The van der Waals surface area contributed by atoms with Crippen molar-refractivity contribution in [2.24, 2.45) is 0 Å². The predicted octanol–water partition coefficient (Wildman–Crippen LogP) is 3.58. The highest BCUT2D eigenvalue weighted by Gasteiger charge is 2.08. The first kappa shape index (κ1) is 9.23. The highest BCUT2D eigenvalue weighted by molar-refractivity contribution is 7.17. The second-order valence-electron chi connectivity index (χ2n) is 3.49. The van der Waals surface area contributed by atoms with Crippen molar-refractivity contribution in [2.75, 3.05) is 0 Å². The van der Waals surface area contributed by atoms with Crippen LogP contribution in [-0.4, -0.2) is 0 Å². The molecule has 1 nitrogen and oxygen atoms in total. The van der Waals surface area contributed by atoms with Crippen LogP contribution in [0.25, 0.3) is 10.1 Å². The molecule has 2 heteroatoms. The summed E-state index contributed by atoms with van der Waals surface area (Å²) < 4.78 is 1.29. The minimum absolute atomic E-state index is 0.515. The molecular weight excluding hydrogens is 190 g/mol. The van der Waals surface area contributed by atoms with Gasteiger partial charge in [-0.3, -0.25) is 0 Å². The van der Waals surface area contributed by atoms with Crippen LogP contribution in [-0.2, 0) is 6.42 Å². The smallest absolute Gasteiger partial charge is 0.0670 e. The normalized spacial score (nSPS) is 10.4. The van der Waals surface area contributed by atoms with Gasteiger partial charge in [0, 0.05) is 4.70 Å². The Hall–Kier alpha value is -1.33. The predicted molar refractivity (Wildman–Crippen MR) is 60.6 cm³/mol. The number of benzene rings is 1. The molecule has 0 fully saturated rings. The van der Waals surface area contributed by atoms with Gasteiger partial charge >= 0.3 is 0 Å². The molecule has 1 aromatic carbocycles. The summed E-state index contributed by atoms with van der Waals surface area (Å²) in [6, 6.07) is 6.48. The van der Waals surface area contributed by atoms with Gasteiger partial charge in [0.1, 0.15) is 0 Å². The highest BCUT2D eigenvalue weighted by atomic mass is 32.1. The molecule has 1 heterocycles. The molecule has 0 spiro atoms. The van der Waals surface area contributed by atoms with E-state index in [9.17, 15) is 0 Å². The Labute approximate surface area is 87.6 Å². The van der Waals surface area contributed by atoms with Crippen molar-refractivity contribution >= 4 is 21.4 Å². The van der Waals surface area contributed by atoms with Crippen molar-refractivity contribution in [3.05, 3.63) is 34.2 Å². The van der Waals surface area contributed by atoms with Crippen LogP contribution in [0.5, 0.6) is 0 Å². The number of fused-ring (bicyclic) bond motifs is 1. The Bertz CT molecular complexity index is 517. The lowest BCUT2D eigenvalue weighted by Gasteiger charge is -2.04. The summed E-state index contributed by atoms with van der Waals surface area (Å²) in [7, 11) is 0. The van der Waals surface area contributed by atoms with E-state index < -0.39 is 0 Å². The molecule has 0 amide bonds. The van der Waals surface area contributed by atoms with Crippen molar-refractivity contribution in [2.45, 2.75) is 20.3 Å². The highest BCUT2D eigenvalue weighted by Crippen LogP contribution is 2.30. The number of thiophene rings is 1. The first-order valence-electron chi connectivity index (χ1n) is 4.57. The van der Waals surface area contributed by atoms with Crippen molar-refractivity contribution in [3.8, 4) is 6.07 Å². The Kier molecular flexibility index (Phi) is 2.26. The summed E-state index contributed by atoms with van der Waals surface area (Å²) in [5, 5.41) is 12.2. The number of hydrogen-bond acceptors (Lipinski definition) is 2. The Balaban J connectivity index is 2.81. The van der Waals surface area contributed by atoms with Crippen LogP contribution in [0, 0.1) is 25.2 Å². The molecule has 2 aromatic rings. The average Bonchev–Trinajstić information content (AvgIpc) is 2.53. The van der Waals surface area contributed by atoms with Gasteiger partial charge in [-0.25, -0.2) is 0 Å². The Morgan fingerprint density at radius 1 is 1.29 bits per heavy atom. The van der Waals surface area contributed by atoms with E-state index in [1.54, 1.807) is 11.3 Å². The summed E-state index contributed by atoms with van der Waals surface area (Å²) in [4.78, 5) is 0. The summed E-state index contributed by atoms with van der Waals surface area (Å²) in [5.74, 6) is 0. The van der Waals surface area contributed by atoms with Crippen LogP contribution in [0.15, 0.2) is 17.5 Å². The van der Waals surface area contributed by atoms with Gasteiger partial charge in [0.25, 0.3) is 0 Å². The van der Waals surface area contributed by atoms with Crippen molar-refractivity contribution < 1.29 is 0 Å². The molecule has 0 saturated heterocycles. The Morgan fingerprint density at radius 2 is 2.07 bits per heavy atom. The topological polar surface area (TPSA) is 23.8 Å². The minimum atomic E-state index is 0.515. The zero-order valence-corrected chi connectivity index (χ0v) is 9.11. The van der Waals surface area contributed by atoms with Crippen molar-refractivity contribution in [3.63, 3.8) is 0 Å². The molecule has 0 aliphatic carbocycles. The zero-order chi connectivity index (χ0) is 10.1. The van der Waals surface area contributed by atoms with Gasteiger partial charge in [-0.15, -0.1) is 11.3 Å². The van der Waals surface area contributed by atoms with Crippen LogP contribution in [0.1, 0.15) is 16.7 Å². The molecule has 0 unspecified atom stereocenters. The lowest BCUT2D eigenvalue weighted by molar-refractivity contribution is 1.24. The number of nitriles is 1. The second kappa shape index (κ2) is 3.43. The maximum Gasteiger partial charge on any atom is 0.0670 e. The number of rotatable bonds is 1. The van der Waals surface area contributed by atoms with Crippen LogP contribution < -0.4 is 0 Å². The first-order chi connectivity index (χ1) is 6.74. The van der Waals surface area contributed by atoms with Gasteiger partial charge < -0.3 is 0 Å². The number of nitrogens with zero attached hydrogens (tertiary/aromatic N) is 1. The third-order valence-electron chi connectivity index (χ3n) is 2.52. The number of aryl methyl sites for hydroxylation is 2. The van der Waals surface area contributed by atoms with Gasteiger partial charge in [-0.05, 0) is 47.4 Å². The van der Waals surface area contributed by atoms with Gasteiger partial charge in [-0.2, -0.15) is 5.26 Å². The Morgan fingerprint density at radius 3 is 2.79 bits per heavy atom. The molecule has 0 aliphatic heterocycles. The molecule has 2 rings (SSSR count). The lowest BCUT2D eigenvalue weighted by Crippen LogP contribution is -1.88. The van der Waals surface area contributed by atoms with Gasteiger partial charge in [0.15, 0.2) is 0 Å². The third-order valence-corrected chi connectivity index (χ3v) is 3.59. The standard InChI is InChI=1S/C12H11NS/c1-8-3-4-11-12(9(2)7-14-11)10(8)5-6-13/h3-4,7H,5H2,1-2H3. The largest absolute Gasteiger partial charge is 0.198 e. The molecule has 0 N–H and O–H groups in total. The summed E-state index contributed by atoms with van der Waals surface area (Å²) >= 11 is 1.75. The van der Waals surface area contributed by atoms with Crippen molar-refractivity contribution in [1.82, 2.24) is 0 Å². The van der Waals surface area contributed by atoms with E-state index in [4.69, 9.17) is 5.26 Å². The summed E-state index contributed by atoms with van der Waals surface area (Å²) in [5.41, 5.74) is 3.71. The summed E-state index contributed by atoms with van der Waals surface area (Å²) in [6.07, 6.45) is 0.515. The van der Waals surface area contributed by atoms with E-state index in [-0.39, 0.29) is 0 Å². The van der Waals surface area contributed by atoms with E-state index in [2.05, 4.69) is 37.4 Å². The maximum atomic E-state index is 8.79. The summed E-state index contributed by atoms with van der Waals surface area (Å²) in [6.45, 7) is 4.18. The van der Waals surface area contributed by atoms with E-state index in [1.165, 1.54) is 26.8 Å². The zero-order valence-electron chi connectivity index (χ0n) is 8.29. The van der Waals surface area contributed by atoms with Gasteiger partial charge in [0.05, 0.1) is 12.5 Å². The molecule has 0 radical (unpaired) electrons. The molecule has 0 bridgehead atoms. The van der Waals surface area contributed by atoms with Crippen LogP contribution in [0.2, 0.25) is 0 Å².